The van der Waals surface area contributed by atoms with Crippen molar-refractivity contribution in [2.75, 3.05) is 11.5 Å². The maximum absolute atomic E-state index is 9.65. The molecule has 0 aliphatic carbocycles. The largest absolute Gasteiger partial charge is 0.393 e. The Morgan fingerprint density at radius 3 is 2.44 bits per heavy atom. The zero-order chi connectivity index (χ0) is 11.9. The lowest BCUT2D eigenvalue weighted by molar-refractivity contribution is 0.178. The van der Waals surface area contributed by atoms with E-state index >= 15 is 0 Å². The molecule has 1 N–H and O–H groups in total. The van der Waals surface area contributed by atoms with Crippen molar-refractivity contribution in [1.82, 2.24) is 0 Å². The molecule has 1 saturated heterocycles. The molecule has 0 bridgehead atoms. The molecule has 1 nitrogen and oxygen atoms in total. The van der Waals surface area contributed by atoms with Gasteiger partial charge in [0.2, 0.25) is 0 Å². The SMILES string of the molecule is CCCCCCC1(CC(C)O)SCCCS1. The highest BCUT2D eigenvalue weighted by Gasteiger charge is 2.34. The third-order valence-electron chi connectivity index (χ3n) is 3.04. The van der Waals surface area contributed by atoms with Crippen LogP contribution in [0.5, 0.6) is 0 Å². The van der Waals surface area contributed by atoms with E-state index in [2.05, 4.69) is 30.4 Å². The second-order valence-corrected chi connectivity index (χ2v) is 8.04. The van der Waals surface area contributed by atoms with Crippen LogP contribution in [-0.4, -0.2) is 26.8 Å². The van der Waals surface area contributed by atoms with Gasteiger partial charge in [-0.3, -0.25) is 0 Å². The van der Waals surface area contributed by atoms with Gasteiger partial charge >= 0.3 is 0 Å². The van der Waals surface area contributed by atoms with E-state index in [1.165, 1.54) is 50.0 Å². The Morgan fingerprint density at radius 1 is 1.19 bits per heavy atom. The van der Waals surface area contributed by atoms with Crippen LogP contribution in [0.15, 0.2) is 0 Å². The maximum Gasteiger partial charge on any atom is 0.0635 e. The molecular weight excluding hydrogens is 236 g/mol. The molecule has 96 valence electrons. The zero-order valence-corrected chi connectivity index (χ0v) is 12.3. The number of unbranched alkanes of at least 4 members (excludes halogenated alkanes) is 3. The van der Waals surface area contributed by atoms with Gasteiger partial charge in [-0.1, -0.05) is 32.6 Å². The summed E-state index contributed by atoms with van der Waals surface area (Å²) in [6.45, 7) is 4.19. The van der Waals surface area contributed by atoms with Crippen molar-refractivity contribution in [1.29, 1.82) is 0 Å². The van der Waals surface area contributed by atoms with Crippen LogP contribution in [0.25, 0.3) is 0 Å². The van der Waals surface area contributed by atoms with E-state index in [9.17, 15) is 5.11 Å². The fourth-order valence-electron chi connectivity index (χ4n) is 2.25. The standard InChI is InChI=1S/C13H26OS2/c1-3-4-5-6-8-13(11-12(2)14)15-9-7-10-16-13/h12,14H,3-11H2,1-2H3. The van der Waals surface area contributed by atoms with Gasteiger partial charge < -0.3 is 5.11 Å². The van der Waals surface area contributed by atoms with Gasteiger partial charge in [0, 0.05) is 0 Å². The molecule has 0 aromatic carbocycles. The van der Waals surface area contributed by atoms with Gasteiger partial charge in [-0.25, -0.2) is 0 Å². The summed E-state index contributed by atoms with van der Waals surface area (Å²) >= 11 is 4.20. The van der Waals surface area contributed by atoms with Crippen molar-refractivity contribution in [2.24, 2.45) is 0 Å². The number of rotatable bonds is 7. The Hall–Kier alpha value is 0.660. The fourth-order valence-corrected chi connectivity index (χ4v) is 5.89. The first-order valence-electron chi connectivity index (χ1n) is 6.64. The highest BCUT2D eigenvalue weighted by molar-refractivity contribution is 8.18. The molecule has 3 heteroatoms. The Balaban J connectivity index is 2.36. The number of aliphatic hydroxyl groups excluding tert-OH is 1. The summed E-state index contributed by atoms with van der Waals surface area (Å²) in [7, 11) is 0. The lowest BCUT2D eigenvalue weighted by Gasteiger charge is -2.37. The smallest absolute Gasteiger partial charge is 0.0635 e. The first-order valence-corrected chi connectivity index (χ1v) is 8.61. The van der Waals surface area contributed by atoms with Crippen LogP contribution in [0, 0.1) is 0 Å². The monoisotopic (exact) mass is 262 g/mol. The van der Waals surface area contributed by atoms with Crippen molar-refractivity contribution in [3.63, 3.8) is 0 Å². The Morgan fingerprint density at radius 2 is 1.88 bits per heavy atom. The average molecular weight is 262 g/mol. The van der Waals surface area contributed by atoms with Crippen molar-refractivity contribution in [3.05, 3.63) is 0 Å². The van der Waals surface area contributed by atoms with Gasteiger partial charge in [0.25, 0.3) is 0 Å². The molecule has 16 heavy (non-hydrogen) atoms. The van der Waals surface area contributed by atoms with Gasteiger partial charge in [0.15, 0.2) is 0 Å². The highest BCUT2D eigenvalue weighted by Crippen LogP contribution is 2.48. The number of hydrogen-bond donors (Lipinski definition) is 1. The molecule has 0 amide bonds. The minimum atomic E-state index is -0.149. The topological polar surface area (TPSA) is 20.2 Å². The minimum Gasteiger partial charge on any atom is -0.393 e. The Kier molecular flexibility index (Phi) is 7.25. The van der Waals surface area contributed by atoms with Gasteiger partial charge in [0.1, 0.15) is 0 Å². The van der Waals surface area contributed by atoms with E-state index in [-0.39, 0.29) is 6.10 Å². The Bertz CT molecular complexity index is 177. The molecule has 0 saturated carbocycles. The maximum atomic E-state index is 9.65. The Labute approximate surface area is 109 Å². The lowest BCUT2D eigenvalue weighted by Crippen LogP contribution is -2.29. The number of thioether (sulfide) groups is 2. The van der Waals surface area contributed by atoms with Crippen molar-refractivity contribution < 1.29 is 5.11 Å². The molecule has 0 spiro atoms. The van der Waals surface area contributed by atoms with E-state index < -0.39 is 0 Å². The molecule has 1 heterocycles. The van der Waals surface area contributed by atoms with Crippen molar-refractivity contribution in [3.8, 4) is 0 Å². The second-order valence-electron chi connectivity index (χ2n) is 4.82. The summed E-state index contributed by atoms with van der Waals surface area (Å²) in [5.74, 6) is 2.57. The van der Waals surface area contributed by atoms with Crippen LogP contribution in [0.2, 0.25) is 0 Å². The summed E-state index contributed by atoms with van der Waals surface area (Å²) < 4.78 is 0.333. The third kappa shape index (κ3) is 5.33. The van der Waals surface area contributed by atoms with E-state index in [1.54, 1.807) is 0 Å². The molecule has 0 aromatic rings. The molecule has 0 aromatic heterocycles. The van der Waals surface area contributed by atoms with Gasteiger partial charge in [0.05, 0.1) is 10.2 Å². The van der Waals surface area contributed by atoms with Crippen LogP contribution in [-0.2, 0) is 0 Å². The fraction of sp³-hybridized carbons (Fsp3) is 1.00. The summed E-state index contributed by atoms with van der Waals surface area (Å²) in [4.78, 5) is 0. The summed E-state index contributed by atoms with van der Waals surface area (Å²) in [5.41, 5.74) is 0. The van der Waals surface area contributed by atoms with E-state index in [0.717, 1.165) is 6.42 Å². The first kappa shape index (κ1) is 14.7. The molecule has 1 aliphatic rings. The van der Waals surface area contributed by atoms with Crippen LogP contribution in [0.3, 0.4) is 0 Å². The first-order chi connectivity index (χ1) is 7.68. The molecule has 1 aliphatic heterocycles. The van der Waals surface area contributed by atoms with Crippen LogP contribution >= 0.6 is 23.5 Å². The quantitative estimate of drug-likeness (QED) is 0.691. The van der Waals surface area contributed by atoms with Crippen LogP contribution in [0.4, 0.5) is 0 Å². The zero-order valence-electron chi connectivity index (χ0n) is 10.7. The predicted octanol–water partition coefficient (Wildman–Crippen LogP) is 4.29. The molecule has 1 atom stereocenters. The van der Waals surface area contributed by atoms with Crippen molar-refractivity contribution >= 4 is 23.5 Å². The van der Waals surface area contributed by atoms with E-state index in [0.29, 0.717) is 4.08 Å². The lowest BCUT2D eigenvalue weighted by atomic mass is 10.1. The molecule has 1 rings (SSSR count). The van der Waals surface area contributed by atoms with Gasteiger partial charge in [-0.15, -0.1) is 23.5 Å². The third-order valence-corrected chi connectivity index (χ3v) is 6.52. The van der Waals surface area contributed by atoms with E-state index in [4.69, 9.17) is 0 Å². The van der Waals surface area contributed by atoms with Crippen LogP contribution in [0.1, 0.15) is 58.8 Å². The number of aliphatic hydroxyl groups is 1. The molecular formula is C13H26OS2. The van der Waals surface area contributed by atoms with E-state index in [1.807, 2.05) is 6.92 Å². The summed E-state index contributed by atoms with van der Waals surface area (Å²) in [5, 5.41) is 9.65. The summed E-state index contributed by atoms with van der Waals surface area (Å²) in [6, 6.07) is 0. The van der Waals surface area contributed by atoms with Crippen LogP contribution < -0.4 is 0 Å². The predicted molar refractivity (Wildman–Crippen MR) is 77.3 cm³/mol. The van der Waals surface area contributed by atoms with Crippen molar-refractivity contribution in [2.45, 2.75) is 69.0 Å². The highest BCUT2D eigenvalue weighted by atomic mass is 32.2. The molecule has 1 fully saturated rings. The minimum absolute atomic E-state index is 0.149. The number of hydrogen-bond acceptors (Lipinski definition) is 3. The summed E-state index contributed by atoms with van der Waals surface area (Å²) in [6.07, 6.45) is 8.81. The molecule has 0 radical (unpaired) electrons. The van der Waals surface area contributed by atoms with Gasteiger partial charge in [-0.05, 0) is 37.7 Å². The second kappa shape index (κ2) is 7.88. The normalized spacial score (nSPS) is 21.9. The van der Waals surface area contributed by atoms with Gasteiger partial charge in [-0.2, -0.15) is 0 Å². The molecule has 1 unspecified atom stereocenters. The average Bonchev–Trinajstić information content (AvgIpc) is 2.25.